The number of amides is 1. The summed E-state index contributed by atoms with van der Waals surface area (Å²) >= 11 is 0. The number of benzene rings is 2. The Bertz CT molecular complexity index is 2040. The number of hydrogen-bond donors (Lipinski definition) is 3. The minimum atomic E-state index is -1.60. The third-order valence-electron chi connectivity index (χ3n) is 8.19. The fraction of sp³-hybridized carbons (Fsp3) is 0.436. The van der Waals surface area contributed by atoms with E-state index in [-0.39, 0.29) is 50.7 Å². The summed E-state index contributed by atoms with van der Waals surface area (Å²) in [5, 5.41) is 6.13. The lowest BCUT2D eigenvalue weighted by Gasteiger charge is -2.36. The Kier molecular flexibility index (Phi) is 14.3. The first-order valence-corrected chi connectivity index (χ1v) is 18.3. The molecule has 2 heterocycles. The Morgan fingerprint density at radius 3 is 2.64 bits per heavy atom. The van der Waals surface area contributed by atoms with Crippen molar-refractivity contribution in [2.45, 2.75) is 84.1 Å². The maximum absolute atomic E-state index is 12.9. The zero-order valence-corrected chi connectivity index (χ0v) is 31.4. The zero-order valence-electron chi connectivity index (χ0n) is 32.5. The SMILES string of the molecule is [2H]C[C@H]1O[C@@H](n2cc(C#CCNC(=O)OC3Cc4ccccc4C#Cc4ccccc43)c(=O)[nH]c2=O)CC1OP(OCC[N+]#[C-])N(C(C)C)C(C)C.[3H]OC. The van der Waals surface area contributed by atoms with Gasteiger partial charge in [0.1, 0.15) is 24.5 Å². The van der Waals surface area contributed by atoms with E-state index >= 15 is 0 Å². The first kappa shape index (κ1) is 38.0. The van der Waals surface area contributed by atoms with Crippen LogP contribution in [0.25, 0.3) is 4.85 Å². The standard InChI is InChI=1S/C38H42N5O7P.CH4O/c1-25(2)43(26(3)4)51(47-21-20-39-6)50-33-23-35(48-27(33)5)42-24-31(36(44)41-37(42)45)15-11-19-40-38(46)49-34-22-30-14-8-7-12-28(30)17-18-29-13-9-10-16-32(29)34;1-2/h7-10,12-14,16,24-27,33-35H,19-23H2,1-5H3,(H,40,46)(H,41,44,45);2H,1H3/t27-,33?,34?,35-,51?;/m1./s1/i5D;2T. The fourth-order valence-electron chi connectivity index (χ4n) is 5.87. The van der Waals surface area contributed by atoms with Crippen LogP contribution in [0.3, 0.4) is 0 Å². The molecule has 1 fully saturated rings. The van der Waals surface area contributed by atoms with Crippen LogP contribution < -0.4 is 16.6 Å². The molecule has 1 aliphatic heterocycles. The summed E-state index contributed by atoms with van der Waals surface area (Å²) < 4.78 is 41.6. The number of carbonyl (C=O) groups excluding carboxylic acids is 1. The molecule has 0 radical (unpaired) electrons. The monoisotopic (exact) mass is 746 g/mol. The van der Waals surface area contributed by atoms with Gasteiger partial charge in [-0.05, 0) is 52.3 Å². The Hall–Kier alpha value is -4.77. The highest BCUT2D eigenvalue weighted by molar-refractivity contribution is 7.44. The van der Waals surface area contributed by atoms with Crippen molar-refractivity contribution >= 4 is 14.6 Å². The number of aliphatic hydroxyl groups excluding tert-OH is 1. The van der Waals surface area contributed by atoms with Crippen LogP contribution in [0.4, 0.5) is 4.79 Å². The third kappa shape index (κ3) is 10.9. The molecule has 2 aliphatic rings. The van der Waals surface area contributed by atoms with Gasteiger partial charge in [0.2, 0.25) is 7.98 Å². The van der Waals surface area contributed by atoms with Gasteiger partial charge < -0.3 is 33.8 Å². The number of aromatic amines is 1. The number of aromatic nitrogens is 2. The molecule has 1 amide bonds. The zero-order chi connectivity index (χ0) is 39.9. The van der Waals surface area contributed by atoms with Gasteiger partial charge in [-0.15, -0.1) is 0 Å². The van der Waals surface area contributed by atoms with E-state index in [9.17, 15) is 14.4 Å². The van der Waals surface area contributed by atoms with Crippen molar-refractivity contribution in [3.05, 3.63) is 115 Å². The molecule has 1 saturated heterocycles. The molecule has 0 spiro atoms. The number of rotatable bonds is 11. The van der Waals surface area contributed by atoms with Gasteiger partial charge in [0, 0.05) is 56.3 Å². The number of nitrogens with zero attached hydrogens (tertiary/aromatic N) is 3. The predicted octanol–water partition coefficient (Wildman–Crippen LogP) is 4.89. The molecule has 0 bridgehead atoms. The molecule has 53 heavy (non-hydrogen) atoms. The van der Waals surface area contributed by atoms with Crippen molar-refractivity contribution in [2.24, 2.45) is 0 Å². The van der Waals surface area contributed by atoms with Gasteiger partial charge in [-0.25, -0.2) is 20.8 Å². The number of carbonyl (C=O) groups is 1. The van der Waals surface area contributed by atoms with Crippen molar-refractivity contribution in [3.63, 3.8) is 0 Å². The van der Waals surface area contributed by atoms with Crippen LogP contribution in [0.5, 0.6) is 0 Å². The van der Waals surface area contributed by atoms with Gasteiger partial charge in [-0.1, -0.05) is 60.1 Å². The highest BCUT2D eigenvalue weighted by Crippen LogP contribution is 2.49. The van der Waals surface area contributed by atoms with Crippen LogP contribution in [-0.4, -0.2) is 78.0 Å². The summed E-state index contributed by atoms with van der Waals surface area (Å²) in [6.45, 7) is 15.4. The smallest absolute Gasteiger partial charge is 0.408 e. The van der Waals surface area contributed by atoms with E-state index < -0.39 is 50.4 Å². The molecule has 3 aromatic rings. The fourth-order valence-corrected chi connectivity index (χ4v) is 7.62. The Morgan fingerprint density at radius 1 is 1.23 bits per heavy atom. The molecule has 14 heteroatoms. The van der Waals surface area contributed by atoms with Gasteiger partial charge in [-0.3, -0.25) is 14.3 Å². The van der Waals surface area contributed by atoms with Crippen molar-refractivity contribution in [1.82, 2.24) is 19.5 Å². The molecule has 1 aromatic heterocycles. The number of hydrogen-bond acceptors (Lipinski definition) is 9. The minimum Gasteiger partial charge on any atom is -0.441 e. The van der Waals surface area contributed by atoms with Gasteiger partial charge >= 0.3 is 11.8 Å². The second-order valence-electron chi connectivity index (χ2n) is 12.5. The molecule has 2 aromatic carbocycles. The van der Waals surface area contributed by atoms with Crippen LogP contribution in [0, 0.1) is 30.3 Å². The van der Waals surface area contributed by atoms with Crippen LogP contribution in [0.2, 0.25) is 0 Å². The largest absolute Gasteiger partial charge is 0.441 e. The lowest BCUT2D eigenvalue weighted by Crippen LogP contribution is -2.35. The van der Waals surface area contributed by atoms with E-state index in [2.05, 4.69) is 48.6 Å². The lowest BCUT2D eigenvalue weighted by molar-refractivity contribution is -0.00873. The molecular formula is C39H46N5O8P. The van der Waals surface area contributed by atoms with E-state index in [0.717, 1.165) is 22.3 Å². The van der Waals surface area contributed by atoms with Crippen molar-refractivity contribution in [2.75, 3.05) is 26.8 Å². The topological polar surface area (TPSA) is 149 Å². The maximum atomic E-state index is 12.9. The van der Waals surface area contributed by atoms with Crippen molar-refractivity contribution < 1.29 is 29.8 Å². The van der Waals surface area contributed by atoms with Crippen LogP contribution in [-0.2, 0) is 24.9 Å². The van der Waals surface area contributed by atoms with Gasteiger partial charge in [0.05, 0.1) is 18.8 Å². The molecule has 3 N–H and O–H groups in total. The van der Waals surface area contributed by atoms with E-state index in [1.165, 1.54) is 17.9 Å². The normalized spacial score (nSPS) is 19.6. The number of alkyl carbamates (subject to hydrolysis) is 1. The second kappa shape index (κ2) is 19.9. The summed E-state index contributed by atoms with van der Waals surface area (Å²) in [4.78, 5) is 44.2. The van der Waals surface area contributed by atoms with Crippen LogP contribution in [0.1, 0.15) is 82.5 Å². The molecule has 5 atom stereocenters. The molecule has 0 saturated carbocycles. The van der Waals surface area contributed by atoms with E-state index in [0.29, 0.717) is 6.42 Å². The first-order chi connectivity index (χ1) is 26.5. The summed E-state index contributed by atoms with van der Waals surface area (Å²) in [5.41, 5.74) is 2.03. The highest BCUT2D eigenvalue weighted by Gasteiger charge is 2.39. The molecule has 3 unspecified atom stereocenters. The Balaban J connectivity index is 0.00000217. The van der Waals surface area contributed by atoms with Crippen LogP contribution >= 0.6 is 8.53 Å². The van der Waals surface area contributed by atoms with E-state index in [1.807, 2.05) is 76.2 Å². The summed E-state index contributed by atoms with van der Waals surface area (Å²) in [6, 6.07) is 15.4. The Labute approximate surface area is 314 Å². The van der Waals surface area contributed by atoms with Gasteiger partial charge in [0.15, 0.2) is 0 Å². The second-order valence-corrected chi connectivity index (χ2v) is 13.9. The average Bonchev–Trinajstić information content (AvgIpc) is 3.55. The quantitative estimate of drug-likeness (QED) is 0.108. The first-order valence-electron chi connectivity index (χ1n) is 18.3. The van der Waals surface area contributed by atoms with Gasteiger partial charge in [0.25, 0.3) is 14.1 Å². The summed E-state index contributed by atoms with van der Waals surface area (Å²) in [5.74, 6) is 11.9. The van der Waals surface area contributed by atoms with Crippen LogP contribution in [0.15, 0.2) is 64.3 Å². The molecule has 1 aliphatic carbocycles. The van der Waals surface area contributed by atoms with E-state index in [1.54, 1.807) is 0 Å². The van der Waals surface area contributed by atoms with Crippen molar-refractivity contribution in [3.8, 4) is 23.7 Å². The predicted molar refractivity (Wildman–Crippen MR) is 202 cm³/mol. The maximum Gasteiger partial charge on any atom is 0.408 e. The number of fused-ring (bicyclic) bond motifs is 2. The number of H-pyrrole nitrogens is 1. The molecule has 13 nitrogen and oxygen atoms in total. The molecule has 280 valence electrons. The minimum absolute atomic E-state index is 0.00944. The van der Waals surface area contributed by atoms with E-state index in [4.69, 9.17) is 27.9 Å². The van der Waals surface area contributed by atoms with Gasteiger partial charge in [-0.2, -0.15) is 0 Å². The molecule has 5 rings (SSSR count). The Morgan fingerprint density at radius 2 is 1.92 bits per heavy atom. The van der Waals surface area contributed by atoms with Crippen molar-refractivity contribution in [1.29, 1.82) is 1.43 Å². The number of nitrogens with one attached hydrogen (secondary N) is 2. The number of ether oxygens (including phenoxy) is 2. The summed E-state index contributed by atoms with van der Waals surface area (Å²) in [6.07, 6.45) is -1.40. The average molecular weight is 747 g/mol. The lowest BCUT2D eigenvalue weighted by atomic mass is 9.92. The summed E-state index contributed by atoms with van der Waals surface area (Å²) in [7, 11) is -0.313. The molecular weight excluding hydrogens is 697 g/mol. The third-order valence-corrected chi connectivity index (χ3v) is 10.3. The highest BCUT2D eigenvalue weighted by atomic mass is 31.2. The number of aliphatic hydroxyl groups is 1.